The fraction of sp³-hybridized carbons (Fsp3) is 0.875. The van der Waals surface area contributed by atoms with Crippen molar-refractivity contribution in [1.82, 2.24) is 0 Å². The molecule has 0 radical (unpaired) electrons. The van der Waals surface area contributed by atoms with Gasteiger partial charge >= 0.3 is 7.82 Å². The maximum absolute atomic E-state index is 11.3. The number of rotatable bonds is 8. The summed E-state index contributed by atoms with van der Waals surface area (Å²) in [4.78, 5) is 0. The second-order valence-corrected chi connectivity index (χ2v) is 5.40. The van der Waals surface area contributed by atoms with Crippen LogP contribution in [-0.2, 0) is 17.0 Å². The van der Waals surface area contributed by atoms with Crippen LogP contribution in [0.4, 0.5) is 0 Å². The van der Waals surface area contributed by atoms with E-state index >= 15 is 0 Å². The summed E-state index contributed by atoms with van der Waals surface area (Å²) in [5.74, 6) is 0. The Morgan fingerprint density at radius 1 is 1.44 bits per heavy atom. The zero-order chi connectivity index (χ0) is 12.9. The molecule has 1 atom stereocenters. The van der Waals surface area contributed by atoms with Crippen molar-refractivity contribution in [3.63, 3.8) is 0 Å². The Labute approximate surface area is 108 Å². The first-order valence-corrected chi connectivity index (χ1v) is 7.81. The number of hydrogen-bond donors (Lipinski definition) is 2. The molecule has 0 aromatic heterocycles. The average molecular weight is 291 g/mol. The van der Waals surface area contributed by atoms with Crippen LogP contribution in [0.3, 0.4) is 0 Å². The van der Waals surface area contributed by atoms with Gasteiger partial charge in [-0.1, -0.05) is 26.7 Å². The normalized spacial score (nSPS) is 13.8. The lowest BCUT2D eigenvalue weighted by molar-refractivity contribution is -0.148. The Balaban J connectivity index is 0. The van der Waals surface area contributed by atoms with Gasteiger partial charge in [-0.15, -0.1) is 0 Å². The van der Waals surface area contributed by atoms with Crippen LogP contribution < -0.4 is 5.14 Å². The van der Waals surface area contributed by atoms with Crippen molar-refractivity contribution < 1.29 is 22.2 Å². The standard InChI is InChI=1S/C4H12NO4PS2.C4H9/c1-2-3-4-7-10(6,8-11)9-12-5;1-3-4-2/h11H,2-5H2,1H3;1,3-4H2,2H3/q;-1/p+1. The van der Waals surface area contributed by atoms with Gasteiger partial charge in [0.1, 0.15) is 0 Å². The SMILES string of the molecule is CCCCOP(=O)(OS)OS[NH3+].[CH2-]CCC. The van der Waals surface area contributed by atoms with Crippen molar-refractivity contribution in [3.8, 4) is 0 Å². The number of quaternary nitrogens is 1. The summed E-state index contributed by atoms with van der Waals surface area (Å²) in [6.45, 7) is 8.04. The predicted molar refractivity (Wildman–Crippen MR) is 70.4 cm³/mol. The zero-order valence-electron chi connectivity index (χ0n) is 9.89. The third-order valence-corrected chi connectivity index (χ3v) is 3.80. The Bertz CT molecular complexity index is 183. The fourth-order valence-corrected chi connectivity index (χ4v) is 2.03. The topological polar surface area (TPSA) is 72.4 Å². The summed E-state index contributed by atoms with van der Waals surface area (Å²) < 4.78 is 24.9. The van der Waals surface area contributed by atoms with Gasteiger partial charge in [0.15, 0.2) is 0 Å². The van der Waals surface area contributed by atoms with E-state index in [1.807, 2.05) is 6.92 Å². The third-order valence-electron chi connectivity index (χ3n) is 1.34. The number of thiol groups is 1. The van der Waals surface area contributed by atoms with Gasteiger partial charge in [0.05, 0.1) is 6.61 Å². The van der Waals surface area contributed by atoms with Crippen molar-refractivity contribution in [1.29, 1.82) is 0 Å². The molecule has 16 heavy (non-hydrogen) atoms. The minimum absolute atomic E-state index is 0.328. The molecule has 0 aromatic carbocycles. The van der Waals surface area contributed by atoms with Crippen molar-refractivity contribution in [2.24, 2.45) is 0 Å². The lowest BCUT2D eigenvalue weighted by atomic mass is 10.4. The van der Waals surface area contributed by atoms with E-state index in [1.165, 1.54) is 6.42 Å². The maximum atomic E-state index is 11.3. The molecule has 1 unspecified atom stereocenters. The van der Waals surface area contributed by atoms with Crippen molar-refractivity contribution in [3.05, 3.63) is 6.92 Å². The van der Waals surface area contributed by atoms with E-state index < -0.39 is 7.82 Å². The molecule has 3 N–H and O–H groups in total. The van der Waals surface area contributed by atoms with Crippen LogP contribution in [0.25, 0.3) is 0 Å². The number of unbranched alkanes of at least 4 members (excludes halogenated alkanes) is 2. The molecular formula is C8H22NO4PS2. The Morgan fingerprint density at radius 2 is 2.00 bits per heavy atom. The molecule has 0 amide bonds. The molecule has 0 aliphatic carbocycles. The van der Waals surface area contributed by atoms with Crippen LogP contribution in [0.1, 0.15) is 39.5 Å². The molecule has 100 valence electrons. The minimum atomic E-state index is -3.47. The van der Waals surface area contributed by atoms with Crippen molar-refractivity contribution >= 4 is 33.0 Å². The van der Waals surface area contributed by atoms with Crippen LogP contribution in [0, 0.1) is 6.92 Å². The summed E-state index contributed by atoms with van der Waals surface area (Å²) in [5, 5.41) is 3.28. The fourth-order valence-electron chi connectivity index (χ4n) is 0.444. The van der Waals surface area contributed by atoms with Gasteiger partial charge in [-0.2, -0.15) is 10.4 Å². The molecule has 0 saturated carbocycles. The molecule has 0 heterocycles. The van der Waals surface area contributed by atoms with E-state index in [-0.39, 0.29) is 0 Å². The van der Waals surface area contributed by atoms with E-state index in [4.69, 9.17) is 4.52 Å². The summed E-state index contributed by atoms with van der Waals surface area (Å²) >= 11 is 4.06. The first-order chi connectivity index (χ1) is 7.60. The largest absolute Gasteiger partial charge is 0.501 e. The zero-order valence-corrected chi connectivity index (χ0v) is 12.5. The van der Waals surface area contributed by atoms with Gasteiger partial charge in [0, 0.05) is 0 Å². The molecule has 0 aliphatic rings. The molecule has 0 aromatic rings. The molecular weight excluding hydrogens is 269 g/mol. The predicted octanol–water partition coefficient (Wildman–Crippen LogP) is 3.21. The van der Waals surface area contributed by atoms with E-state index in [2.05, 4.69) is 39.8 Å². The van der Waals surface area contributed by atoms with Crippen LogP contribution in [-0.4, -0.2) is 6.61 Å². The molecule has 5 nitrogen and oxygen atoms in total. The van der Waals surface area contributed by atoms with Crippen LogP contribution >= 0.6 is 33.0 Å². The Kier molecular flexibility index (Phi) is 16.5. The van der Waals surface area contributed by atoms with Crippen molar-refractivity contribution in [2.45, 2.75) is 39.5 Å². The Morgan fingerprint density at radius 3 is 2.31 bits per heavy atom. The van der Waals surface area contributed by atoms with Crippen LogP contribution in [0.5, 0.6) is 0 Å². The highest BCUT2D eigenvalue weighted by atomic mass is 32.2. The van der Waals surface area contributed by atoms with Crippen molar-refractivity contribution in [2.75, 3.05) is 6.61 Å². The summed E-state index contributed by atoms with van der Waals surface area (Å²) in [6, 6.07) is 0. The van der Waals surface area contributed by atoms with E-state index in [9.17, 15) is 4.57 Å². The highest BCUT2D eigenvalue weighted by Gasteiger charge is 2.27. The number of phosphoric acid groups is 1. The van der Waals surface area contributed by atoms with Gasteiger partial charge in [-0.3, -0.25) is 9.66 Å². The average Bonchev–Trinajstić information content (AvgIpc) is 2.30. The van der Waals surface area contributed by atoms with Gasteiger partial charge in [-0.05, 0) is 19.3 Å². The summed E-state index contributed by atoms with van der Waals surface area (Å²) in [5.41, 5.74) is 0. The smallest absolute Gasteiger partial charge is 0.343 e. The monoisotopic (exact) mass is 291 g/mol. The third kappa shape index (κ3) is 12.8. The van der Waals surface area contributed by atoms with Crippen LogP contribution in [0.2, 0.25) is 0 Å². The first-order valence-electron chi connectivity index (χ1n) is 5.07. The number of hydrogen-bond acceptors (Lipinski definition) is 6. The second kappa shape index (κ2) is 13.8. The van der Waals surface area contributed by atoms with Gasteiger partial charge in [-0.25, -0.2) is 8.54 Å². The van der Waals surface area contributed by atoms with Gasteiger partial charge in [0.2, 0.25) is 0 Å². The highest BCUT2D eigenvalue weighted by Crippen LogP contribution is 2.52. The van der Waals surface area contributed by atoms with E-state index in [1.54, 1.807) is 0 Å². The quantitative estimate of drug-likeness (QED) is 0.179. The van der Waals surface area contributed by atoms with Gasteiger partial charge in [0.25, 0.3) is 12.2 Å². The maximum Gasteiger partial charge on any atom is 0.501 e. The lowest BCUT2D eigenvalue weighted by Crippen LogP contribution is -2.36. The van der Waals surface area contributed by atoms with Crippen LogP contribution in [0.15, 0.2) is 0 Å². The minimum Gasteiger partial charge on any atom is -0.343 e. The molecule has 0 spiro atoms. The first kappa shape index (κ1) is 19.1. The second-order valence-electron chi connectivity index (χ2n) is 2.76. The molecule has 0 rings (SSSR count). The Hall–Kier alpha value is 0.770. The molecule has 0 fully saturated rings. The summed E-state index contributed by atoms with van der Waals surface area (Å²) in [6.07, 6.45) is 4.02. The molecule has 8 heteroatoms. The molecule has 0 aliphatic heterocycles. The van der Waals surface area contributed by atoms with E-state index in [0.717, 1.165) is 19.3 Å². The van der Waals surface area contributed by atoms with Gasteiger partial charge < -0.3 is 6.92 Å². The lowest BCUT2D eigenvalue weighted by Gasteiger charge is -2.10. The summed E-state index contributed by atoms with van der Waals surface area (Å²) in [7, 11) is -3.47. The molecule has 0 bridgehead atoms. The van der Waals surface area contributed by atoms with E-state index in [0.29, 0.717) is 18.8 Å². The highest BCUT2D eigenvalue weighted by molar-refractivity contribution is 7.92. The molecule has 0 saturated heterocycles.